The molecule has 0 saturated carbocycles. The molecule has 0 unspecified atom stereocenters. The Kier molecular flexibility index (Phi) is 5.02. The van der Waals surface area contributed by atoms with Crippen LogP contribution in [-0.4, -0.2) is 0 Å². The molecule has 1 heteroatoms. The van der Waals surface area contributed by atoms with Crippen molar-refractivity contribution in [3.05, 3.63) is 58.3 Å². The van der Waals surface area contributed by atoms with Crippen LogP contribution in [0.1, 0.15) is 18.1 Å². The Balaban J connectivity index is 0.000000140. The highest BCUT2D eigenvalue weighted by Gasteiger charge is 1.82. The molecule has 0 nitrogen and oxygen atoms in total. The fraction of sp³-hybridized carbons (Fsp3) is 0.231. The molecule has 0 atom stereocenters. The van der Waals surface area contributed by atoms with Gasteiger partial charge in [-0.1, -0.05) is 42.8 Å². The molecular formula is C13H16S. The highest BCUT2D eigenvalue weighted by atomic mass is 32.1. The van der Waals surface area contributed by atoms with Gasteiger partial charge in [0.15, 0.2) is 0 Å². The van der Waals surface area contributed by atoms with Crippen LogP contribution in [0.2, 0.25) is 0 Å². The van der Waals surface area contributed by atoms with Crippen LogP contribution in [0.15, 0.2) is 47.2 Å². The van der Waals surface area contributed by atoms with Crippen molar-refractivity contribution >= 4 is 11.3 Å². The Hall–Kier alpha value is -1.08. The molecular weight excluding hydrogens is 188 g/mol. The predicted molar refractivity (Wildman–Crippen MR) is 64.9 cm³/mol. The molecule has 2 rings (SSSR count). The molecule has 74 valence electrons. The standard InChI is InChI=1S/C7H8.C6H8S/c1-7-5-3-2-4-6-7;1-2-6-3-4-7-5-6/h2-6H,1H3;3-5H,2H2,1H3. The molecule has 0 bridgehead atoms. The third-order valence-electron chi connectivity index (χ3n) is 1.93. The molecule has 1 aromatic heterocycles. The zero-order chi connectivity index (χ0) is 10.2. The predicted octanol–water partition coefficient (Wildman–Crippen LogP) is 4.31. The van der Waals surface area contributed by atoms with Gasteiger partial charge >= 0.3 is 0 Å². The van der Waals surface area contributed by atoms with Gasteiger partial charge in [0.2, 0.25) is 0 Å². The summed E-state index contributed by atoms with van der Waals surface area (Å²) >= 11 is 1.76. The van der Waals surface area contributed by atoms with Crippen LogP contribution in [0.3, 0.4) is 0 Å². The van der Waals surface area contributed by atoms with Gasteiger partial charge in [-0.15, -0.1) is 0 Å². The Morgan fingerprint density at radius 2 is 1.79 bits per heavy atom. The number of hydrogen-bond acceptors (Lipinski definition) is 1. The first-order valence-electron chi connectivity index (χ1n) is 4.85. The van der Waals surface area contributed by atoms with Gasteiger partial charge in [0.05, 0.1) is 0 Å². The average Bonchev–Trinajstić information content (AvgIpc) is 2.72. The van der Waals surface area contributed by atoms with Crippen LogP contribution in [-0.2, 0) is 6.42 Å². The molecule has 0 amide bonds. The molecule has 0 radical (unpaired) electrons. The number of benzene rings is 1. The molecule has 1 aromatic carbocycles. The topological polar surface area (TPSA) is 0 Å². The first-order chi connectivity index (χ1) is 6.83. The second kappa shape index (κ2) is 6.39. The lowest BCUT2D eigenvalue weighted by atomic mass is 10.2. The summed E-state index contributed by atoms with van der Waals surface area (Å²) in [6.07, 6.45) is 1.17. The maximum absolute atomic E-state index is 2.18. The van der Waals surface area contributed by atoms with Crippen molar-refractivity contribution in [1.82, 2.24) is 0 Å². The summed E-state index contributed by atoms with van der Waals surface area (Å²) in [6, 6.07) is 12.4. The van der Waals surface area contributed by atoms with Gasteiger partial charge in [-0.25, -0.2) is 0 Å². The highest BCUT2D eigenvalue weighted by molar-refractivity contribution is 7.07. The quantitative estimate of drug-likeness (QED) is 0.649. The summed E-state index contributed by atoms with van der Waals surface area (Å²) in [5, 5.41) is 4.29. The first-order valence-corrected chi connectivity index (χ1v) is 5.80. The van der Waals surface area contributed by atoms with E-state index in [0.29, 0.717) is 0 Å². The van der Waals surface area contributed by atoms with E-state index in [4.69, 9.17) is 0 Å². The summed E-state index contributed by atoms with van der Waals surface area (Å²) in [5.74, 6) is 0. The molecule has 14 heavy (non-hydrogen) atoms. The van der Waals surface area contributed by atoms with Crippen molar-refractivity contribution in [3.63, 3.8) is 0 Å². The van der Waals surface area contributed by atoms with E-state index in [-0.39, 0.29) is 0 Å². The molecule has 0 aliphatic carbocycles. The van der Waals surface area contributed by atoms with E-state index >= 15 is 0 Å². The molecule has 0 aliphatic rings. The summed E-state index contributed by atoms with van der Waals surface area (Å²) in [6.45, 7) is 4.25. The minimum atomic E-state index is 1.17. The molecule has 1 heterocycles. The normalized spacial score (nSPS) is 9.00. The van der Waals surface area contributed by atoms with Gasteiger partial charge in [0.25, 0.3) is 0 Å². The van der Waals surface area contributed by atoms with Gasteiger partial charge in [0, 0.05) is 0 Å². The second-order valence-electron chi connectivity index (χ2n) is 3.14. The number of hydrogen-bond donors (Lipinski definition) is 0. The highest BCUT2D eigenvalue weighted by Crippen LogP contribution is 2.04. The lowest BCUT2D eigenvalue weighted by molar-refractivity contribution is 1.16. The molecule has 0 saturated heterocycles. The maximum atomic E-state index is 2.18. The van der Waals surface area contributed by atoms with E-state index in [1.54, 1.807) is 11.3 Å². The van der Waals surface area contributed by atoms with Crippen molar-refractivity contribution in [3.8, 4) is 0 Å². The van der Waals surface area contributed by atoms with Gasteiger partial charge in [-0.05, 0) is 35.7 Å². The second-order valence-corrected chi connectivity index (χ2v) is 3.92. The smallest absolute Gasteiger partial charge is 0.00614 e. The molecule has 0 spiro atoms. The van der Waals surface area contributed by atoms with Gasteiger partial charge in [0.1, 0.15) is 0 Å². The summed E-state index contributed by atoms with van der Waals surface area (Å²) < 4.78 is 0. The zero-order valence-corrected chi connectivity index (χ0v) is 9.55. The van der Waals surface area contributed by atoms with Crippen LogP contribution in [0, 0.1) is 6.92 Å². The third kappa shape index (κ3) is 4.24. The van der Waals surface area contributed by atoms with E-state index in [0.717, 1.165) is 0 Å². The minimum Gasteiger partial charge on any atom is -0.152 e. The Labute approximate surface area is 90.2 Å². The van der Waals surface area contributed by atoms with Crippen molar-refractivity contribution in [2.24, 2.45) is 0 Å². The minimum absolute atomic E-state index is 1.17. The van der Waals surface area contributed by atoms with Gasteiger partial charge in [-0.3, -0.25) is 0 Å². The molecule has 0 fully saturated rings. The number of rotatable bonds is 1. The lowest BCUT2D eigenvalue weighted by Crippen LogP contribution is -1.66. The van der Waals surface area contributed by atoms with Crippen molar-refractivity contribution < 1.29 is 0 Å². The van der Waals surface area contributed by atoms with E-state index < -0.39 is 0 Å². The fourth-order valence-corrected chi connectivity index (χ4v) is 1.78. The first kappa shape index (κ1) is 11.0. The van der Waals surface area contributed by atoms with Crippen LogP contribution in [0.4, 0.5) is 0 Å². The van der Waals surface area contributed by atoms with Crippen molar-refractivity contribution in [2.75, 3.05) is 0 Å². The Morgan fingerprint density at radius 1 is 1.07 bits per heavy atom. The largest absolute Gasteiger partial charge is 0.152 e. The van der Waals surface area contributed by atoms with Crippen LogP contribution < -0.4 is 0 Å². The van der Waals surface area contributed by atoms with Crippen LogP contribution >= 0.6 is 11.3 Å². The Bertz CT molecular complexity index is 321. The van der Waals surface area contributed by atoms with Crippen molar-refractivity contribution in [2.45, 2.75) is 20.3 Å². The van der Waals surface area contributed by atoms with Crippen molar-refractivity contribution in [1.29, 1.82) is 0 Å². The van der Waals surface area contributed by atoms with Gasteiger partial charge in [-0.2, -0.15) is 11.3 Å². The third-order valence-corrected chi connectivity index (χ3v) is 2.66. The molecule has 2 aromatic rings. The SMILES string of the molecule is CCc1ccsc1.Cc1ccccc1. The van der Waals surface area contributed by atoms with E-state index in [1.165, 1.54) is 17.5 Å². The maximum Gasteiger partial charge on any atom is -0.00614 e. The number of thiophene rings is 1. The number of aryl methyl sites for hydroxylation is 2. The van der Waals surface area contributed by atoms with E-state index in [9.17, 15) is 0 Å². The zero-order valence-electron chi connectivity index (χ0n) is 8.73. The van der Waals surface area contributed by atoms with Crippen LogP contribution in [0.25, 0.3) is 0 Å². The summed E-state index contributed by atoms with van der Waals surface area (Å²) in [5.41, 5.74) is 2.77. The average molecular weight is 204 g/mol. The van der Waals surface area contributed by atoms with E-state index in [1.807, 2.05) is 18.2 Å². The van der Waals surface area contributed by atoms with E-state index in [2.05, 4.69) is 42.8 Å². The van der Waals surface area contributed by atoms with Crippen LogP contribution in [0.5, 0.6) is 0 Å². The monoisotopic (exact) mass is 204 g/mol. The van der Waals surface area contributed by atoms with Gasteiger partial charge < -0.3 is 0 Å². The molecule has 0 N–H and O–H groups in total. The summed E-state index contributed by atoms with van der Waals surface area (Å²) in [7, 11) is 0. The molecule has 0 aliphatic heterocycles. The lowest BCUT2D eigenvalue weighted by Gasteiger charge is -1.82. The summed E-state index contributed by atoms with van der Waals surface area (Å²) in [4.78, 5) is 0. The Morgan fingerprint density at radius 3 is 2.07 bits per heavy atom. The fourth-order valence-electron chi connectivity index (χ4n) is 1.03.